The van der Waals surface area contributed by atoms with Gasteiger partial charge in [0.1, 0.15) is 41.1 Å². The van der Waals surface area contributed by atoms with Gasteiger partial charge in [-0.25, -0.2) is 4.79 Å². The summed E-state index contributed by atoms with van der Waals surface area (Å²) in [5.41, 5.74) is 10.4. The Morgan fingerprint density at radius 3 is 2.48 bits per heavy atom. The van der Waals surface area contributed by atoms with Crippen LogP contribution >= 0.6 is 0 Å². The van der Waals surface area contributed by atoms with Crippen molar-refractivity contribution in [3.05, 3.63) is 124 Å². The van der Waals surface area contributed by atoms with E-state index in [2.05, 4.69) is 6.07 Å². The minimum absolute atomic E-state index is 0.0270. The Bertz CT molecular complexity index is 1690. The van der Waals surface area contributed by atoms with Gasteiger partial charge in [0.05, 0.1) is 19.6 Å². The molecule has 0 saturated heterocycles. The van der Waals surface area contributed by atoms with E-state index in [1.165, 1.54) is 12.7 Å². The molecule has 1 aliphatic rings. The van der Waals surface area contributed by atoms with Gasteiger partial charge in [-0.05, 0) is 55.3 Å². The zero-order valence-electron chi connectivity index (χ0n) is 23.5. The van der Waals surface area contributed by atoms with Crippen molar-refractivity contribution in [1.29, 1.82) is 5.26 Å². The molecule has 0 spiro atoms. The Kier molecular flexibility index (Phi) is 8.30. The largest absolute Gasteiger partial charge is 0.496 e. The minimum Gasteiger partial charge on any atom is -0.496 e. The third-order valence-electron chi connectivity index (χ3n) is 6.84. The fourth-order valence-corrected chi connectivity index (χ4v) is 4.75. The lowest BCUT2D eigenvalue weighted by molar-refractivity contribution is 0.0731. The van der Waals surface area contributed by atoms with Gasteiger partial charge in [0.25, 0.3) is 0 Å². The number of nitriles is 1. The number of nitrogens with zero attached hydrogens (tertiary/aromatic N) is 1. The quantitative estimate of drug-likeness (QED) is 0.184. The number of carbonyl (C=O) groups is 1. The number of hydrogen-bond donors (Lipinski definition) is 1. The van der Waals surface area contributed by atoms with Gasteiger partial charge in [-0.3, -0.25) is 0 Å². The van der Waals surface area contributed by atoms with Crippen molar-refractivity contribution in [2.75, 3.05) is 13.7 Å². The molecule has 0 fully saturated rings. The van der Waals surface area contributed by atoms with Gasteiger partial charge >= 0.3 is 5.97 Å². The summed E-state index contributed by atoms with van der Waals surface area (Å²) in [5.74, 6) is 1.02. The molecule has 0 aliphatic carbocycles. The highest BCUT2D eigenvalue weighted by Crippen LogP contribution is 2.45. The van der Waals surface area contributed by atoms with Crippen LogP contribution in [-0.4, -0.2) is 19.7 Å². The number of carbonyl (C=O) groups excluding carboxylic acids is 1. The van der Waals surface area contributed by atoms with Crippen LogP contribution in [0.4, 0.5) is 0 Å². The average Bonchev–Trinajstić information content (AvgIpc) is 3.00. The minimum atomic E-state index is -0.580. The lowest BCUT2D eigenvalue weighted by Gasteiger charge is -2.27. The number of allylic oxidation sites excluding steroid dienone is 1. The van der Waals surface area contributed by atoms with Gasteiger partial charge < -0.3 is 29.4 Å². The monoisotopic (exact) mass is 562 g/mol. The third kappa shape index (κ3) is 5.86. The highest BCUT2D eigenvalue weighted by atomic mass is 16.5. The van der Waals surface area contributed by atoms with Crippen molar-refractivity contribution in [1.82, 2.24) is 0 Å². The molecule has 0 bridgehead atoms. The highest BCUT2D eigenvalue weighted by Gasteiger charge is 2.32. The van der Waals surface area contributed by atoms with E-state index in [-0.39, 0.29) is 22.8 Å². The topological polar surface area (TPSA) is 113 Å². The molecule has 0 radical (unpaired) electrons. The zero-order valence-corrected chi connectivity index (χ0v) is 23.5. The van der Waals surface area contributed by atoms with Gasteiger partial charge in [0.15, 0.2) is 11.5 Å². The van der Waals surface area contributed by atoms with Crippen LogP contribution in [0.1, 0.15) is 45.5 Å². The van der Waals surface area contributed by atoms with Crippen molar-refractivity contribution < 1.29 is 28.5 Å². The van der Waals surface area contributed by atoms with Crippen LogP contribution in [0.2, 0.25) is 0 Å². The Hall–Kier alpha value is -5.42. The Balaban J connectivity index is 1.45. The summed E-state index contributed by atoms with van der Waals surface area (Å²) in [6.07, 6.45) is 0. The normalized spacial score (nSPS) is 13.8. The second kappa shape index (κ2) is 12.4. The molecule has 4 aromatic rings. The molecule has 1 unspecified atom stereocenters. The molecule has 4 aromatic carbocycles. The molecule has 8 nitrogen and oxygen atoms in total. The van der Waals surface area contributed by atoms with Crippen LogP contribution in [-0.2, 0) is 6.61 Å². The Morgan fingerprint density at radius 1 is 0.952 bits per heavy atom. The van der Waals surface area contributed by atoms with Crippen molar-refractivity contribution >= 4 is 5.97 Å². The van der Waals surface area contributed by atoms with E-state index >= 15 is 0 Å². The van der Waals surface area contributed by atoms with Crippen molar-refractivity contribution in [3.8, 4) is 34.8 Å². The first kappa shape index (κ1) is 28.1. The first-order valence-corrected chi connectivity index (χ1v) is 13.4. The molecule has 1 aliphatic heterocycles. The number of aryl methyl sites for hydroxylation is 1. The Morgan fingerprint density at radius 2 is 1.74 bits per heavy atom. The number of fused-ring (bicyclic) bond motifs is 1. The second-order valence-electron chi connectivity index (χ2n) is 9.63. The molecule has 212 valence electrons. The summed E-state index contributed by atoms with van der Waals surface area (Å²) in [7, 11) is 1.49. The zero-order chi connectivity index (χ0) is 29.6. The molecule has 5 rings (SSSR count). The predicted molar refractivity (Wildman–Crippen MR) is 157 cm³/mol. The van der Waals surface area contributed by atoms with Crippen LogP contribution < -0.4 is 29.4 Å². The SMILES string of the molecule is CCOc1cc(C2C(C#N)=C(N)Oc3cc(OC(=O)c4ccccc4OC)ccc32)ccc1OCc1ccc(C)cc1. The van der Waals surface area contributed by atoms with Crippen LogP contribution in [0, 0.1) is 18.3 Å². The van der Waals surface area contributed by atoms with E-state index < -0.39 is 11.9 Å². The van der Waals surface area contributed by atoms with Gasteiger partial charge in [-0.1, -0.05) is 54.1 Å². The van der Waals surface area contributed by atoms with E-state index in [1.807, 2.05) is 56.3 Å². The Labute approximate surface area is 244 Å². The van der Waals surface area contributed by atoms with Gasteiger partial charge in [0, 0.05) is 11.6 Å². The molecular formula is C34H30N2O6. The van der Waals surface area contributed by atoms with E-state index in [0.717, 1.165) is 11.1 Å². The molecule has 1 heterocycles. The highest BCUT2D eigenvalue weighted by molar-refractivity contribution is 5.94. The lowest BCUT2D eigenvalue weighted by Crippen LogP contribution is -2.21. The van der Waals surface area contributed by atoms with Gasteiger partial charge in [-0.15, -0.1) is 0 Å². The molecule has 8 heteroatoms. The van der Waals surface area contributed by atoms with Gasteiger partial charge in [-0.2, -0.15) is 5.26 Å². The van der Waals surface area contributed by atoms with E-state index in [4.69, 9.17) is 29.4 Å². The number of benzene rings is 4. The van der Waals surface area contributed by atoms with Crippen LogP contribution in [0.15, 0.2) is 96.4 Å². The maximum absolute atomic E-state index is 12.9. The summed E-state index contributed by atoms with van der Waals surface area (Å²) in [4.78, 5) is 12.9. The fraction of sp³-hybridized carbons (Fsp3) is 0.176. The number of nitrogens with two attached hydrogens (primary N) is 1. The molecular weight excluding hydrogens is 532 g/mol. The van der Waals surface area contributed by atoms with Crippen LogP contribution in [0.5, 0.6) is 28.7 Å². The molecule has 0 aromatic heterocycles. The third-order valence-corrected chi connectivity index (χ3v) is 6.84. The van der Waals surface area contributed by atoms with Crippen molar-refractivity contribution in [3.63, 3.8) is 0 Å². The maximum Gasteiger partial charge on any atom is 0.347 e. The summed E-state index contributed by atoms with van der Waals surface area (Å²) in [6, 6.07) is 27.7. The maximum atomic E-state index is 12.9. The summed E-state index contributed by atoms with van der Waals surface area (Å²) >= 11 is 0. The predicted octanol–water partition coefficient (Wildman–Crippen LogP) is 6.42. The second-order valence-corrected chi connectivity index (χ2v) is 9.63. The first-order valence-electron chi connectivity index (χ1n) is 13.4. The molecule has 2 N–H and O–H groups in total. The lowest BCUT2D eigenvalue weighted by atomic mass is 9.83. The standard InChI is InChI=1S/C34H30N2O6/c1-4-39-31-17-23(13-16-29(31)40-20-22-11-9-21(2)10-12-22)32-25-15-14-24(18-30(25)42-33(36)27(32)19-35)41-34(37)26-7-5-6-8-28(26)38-3/h5-18,32H,4,20,36H2,1-3H3. The van der Waals surface area contributed by atoms with Crippen molar-refractivity contribution in [2.24, 2.45) is 5.73 Å². The van der Waals surface area contributed by atoms with E-state index in [0.29, 0.717) is 41.8 Å². The molecule has 0 saturated carbocycles. The summed E-state index contributed by atoms with van der Waals surface area (Å²) in [6.45, 7) is 4.75. The first-order chi connectivity index (χ1) is 20.4. The number of methoxy groups -OCH3 is 1. The number of ether oxygens (including phenoxy) is 5. The number of esters is 1. The van der Waals surface area contributed by atoms with Crippen LogP contribution in [0.25, 0.3) is 0 Å². The summed E-state index contributed by atoms with van der Waals surface area (Å²) < 4.78 is 28.7. The van der Waals surface area contributed by atoms with E-state index in [1.54, 1.807) is 42.5 Å². The summed E-state index contributed by atoms with van der Waals surface area (Å²) in [5, 5.41) is 10.0. The molecule has 1 atom stereocenters. The smallest absolute Gasteiger partial charge is 0.347 e. The number of hydrogen-bond acceptors (Lipinski definition) is 8. The molecule has 42 heavy (non-hydrogen) atoms. The average molecular weight is 563 g/mol. The number of para-hydroxylation sites is 1. The molecule has 0 amide bonds. The van der Waals surface area contributed by atoms with E-state index in [9.17, 15) is 10.1 Å². The number of rotatable bonds is 9. The fourth-order valence-electron chi connectivity index (χ4n) is 4.75. The van der Waals surface area contributed by atoms with Crippen molar-refractivity contribution in [2.45, 2.75) is 26.4 Å². The van der Waals surface area contributed by atoms with Gasteiger partial charge in [0.2, 0.25) is 5.88 Å². The van der Waals surface area contributed by atoms with Crippen LogP contribution in [0.3, 0.4) is 0 Å².